The summed E-state index contributed by atoms with van der Waals surface area (Å²) in [5.41, 5.74) is 0. The molecule has 0 amide bonds. The Labute approximate surface area is 98.3 Å². The lowest BCUT2D eigenvalue weighted by Crippen LogP contribution is -2.50. The molecular formula is C9H16F3NO3S. The largest absolute Gasteiger partial charge is 0.401 e. The number of aliphatic hydroxyl groups is 1. The number of alkyl halides is 3. The van der Waals surface area contributed by atoms with Gasteiger partial charge in [0, 0.05) is 6.04 Å². The van der Waals surface area contributed by atoms with Gasteiger partial charge in [-0.3, -0.25) is 4.90 Å². The zero-order valence-electron chi connectivity index (χ0n) is 9.61. The predicted molar refractivity (Wildman–Crippen MR) is 56.3 cm³/mol. The molecule has 0 aromatic rings. The summed E-state index contributed by atoms with van der Waals surface area (Å²) in [5.74, 6) is -0.874. The van der Waals surface area contributed by atoms with Crippen molar-refractivity contribution in [3.63, 3.8) is 0 Å². The van der Waals surface area contributed by atoms with Crippen molar-refractivity contribution in [1.82, 2.24) is 4.90 Å². The molecule has 1 N–H and O–H groups in total. The fraction of sp³-hybridized carbons (Fsp3) is 1.00. The summed E-state index contributed by atoms with van der Waals surface area (Å²) in [5, 5.41) is 9.55. The van der Waals surface area contributed by atoms with Crippen molar-refractivity contribution in [2.75, 3.05) is 18.1 Å². The Balaban J connectivity index is 2.86. The summed E-state index contributed by atoms with van der Waals surface area (Å²) in [6.45, 7) is 1.88. The average molecular weight is 275 g/mol. The molecule has 0 saturated carbocycles. The highest BCUT2D eigenvalue weighted by molar-refractivity contribution is 7.91. The van der Waals surface area contributed by atoms with Gasteiger partial charge in [0.2, 0.25) is 0 Å². The third kappa shape index (κ3) is 4.11. The van der Waals surface area contributed by atoms with Gasteiger partial charge in [0.05, 0.1) is 30.2 Å². The molecule has 0 bridgehead atoms. The topological polar surface area (TPSA) is 57.6 Å². The third-order valence-electron chi connectivity index (χ3n) is 2.74. The standard InChI is InChI=1S/C9H16F3NO3S/c1-6(2)13(5-9(10,11)12)7-3-17(15,16)4-8(7)14/h6-8,14H,3-5H2,1-2H3. The van der Waals surface area contributed by atoms with Crippen LogP contribution in [0.15, 0.2) is 0 Å². The van der Waals surface area contributed by atoms with Crippen molar-refractivity contribution in [3.05, 3.63) is 0 Å². The van der Waals surface area contributed by atoms with E-state index < -0.39 is 52.3 Å². The average Bonchev–Trinajstić information content (AvgIpc) is 2.33. The van der Waals surface area contributed by atoms with Gasteiger partial charge in [-0.25, -0.2) is 8.42 Å². The summed E-state index contributed by atoms with van der Waals surface area (Å²) in [6.07, 6.45) is -5.65. The normalized spacial score (nSPS) is 29.2. The number of hydrogen-bond acceptors (Lipinski definition) is 4. The number of aliphatic hydroxyl groups excluding tert-OH is 1. The van der Waals surface area contributed by atoms with E-state index >= 15 is 0 Å². The van der Waals surface area contributed by atoms with E-state index in [4.69, 9.17) is 0 Å². The molecule has 8 heteroatoms. The number of halogens is 3. The molecule has 1 rings (SSSR count). The lowest BCUT2D eigenvalue weighted by atomic mass is 10.1. The van der Waals surface area contributed by atoms with Gasteiger partial charge in [-0.05, 0) is 13.8 Å². The molecule has 0 aliphatic carbocycles. The van der Waals surface area contributed by atoms with E-state index in [2.05, 4.69) is 0 Å². The lowest BCUT2D eigenvalue weighted by molar-refractivity contribution is -0.157. The first-order valence-electron chi connectivity index (χ1n) is 5.23. The van der Waals surface area contributed by atoms with E-state index in [0.717, 1.165) is 4.90 Å². The highest BCUT2D eigenvalue weighted by Gasteiger charge is 2.44. The minimum Gasteiger partial charge on any atom is -0.390 e. The zero-order chi connectivity index (χ0) is 13.4. The quantitative estimate of drug-likeness (QED) is 0.811. The van der Waals surface area contributed by atoms with Crippen LogP contribution in [-0.4, -0.2) is 60.8 Å². The summed E-state index contributed by atoms with van der Waals surface area (Å²) in [6, 6.07) is -1.45. The van der Waals surface area contributed by atoms with E-state index in [1.54, 1.807) is 13.8 Å². The molecule has 17 heavy (non-hydrogen) atoms. The summed E-state index contributed by atoms with van der Waals surface area (Å²) in [4.78, 5) is 0.995. The Kier molecular flexibility index (Phi) is 4.10. The maximum atomic E-state index is 12.4. The smallest absolute Gasteiger partial charge is 0.390 e. The molecule has 1 aliphatic rings. The summed E-state index contributed by atoms with van der Waals surface area (Å²) in [7, 11) is -3.44. The monoisotopic (exact) mass is 275 g/mol. The second-order valence-electron chi connectivity index (χ2n) is 4.59. The Hall–Kier alpha value is -0.340. The Bertz CT molecular complexity index is 366. The maximum Gasteiger partial charge on any atom is 0.401 e. The highest BCUT2D eigenvalue weighted by atomic mass is 32.2. The highest BCUT2D eigenvalue weighted by Crippen LogP contribution is 2.25. The minimum absolute atomic E-state index is 0.414. The molecule has 2 atom stereocenters. The van der Waals surface area contributed by atoms with Gasteiger partial charge in [0.25, 0.3) is 0 Å². The molecule has 1 fully saturated rings. The van der Waals surface area contributed by atoms with Crippen LogP contribution in [0.25, 0.3) is 0 Å². The Morgan fingerprint density at radius 1 is 1.35 bits per heavy atom. The summed E-state index contributed by atoms with van der Waals surface area (Å²) < 4.78 is 59.7. The van der Waals surface area contributed by atoms with E-state index in [1.165, 1.54) is 0 Å². The van der Waals surface area contributed by atoms with E-state index in [9.17, 15) is 26.7 Å². The van der Waals surface area contributed by atoms with Crippen LogP contribution in [0.3, 0.4) is 0 Å². The lowest BCUT2D eigenvalue weighted by Gasteiger charge is -2.34. The minimum atomic E-state index is -4.41. The van der Waals surface area contributed by atoms with Crippen LogP contribution in [-0.2, 0) is 9.84 Å². The van der Waals surface area contributed by atoms with Gasteiger partial charge in [0.15, 0.2) is 9.84 Å². The van der Waals surface area contributed by atoms with Crippen molar-refractivity contribution < 1.29 is 26.7 Å². The fourth-order valence-corrected chi connectivity index (χ4v) is 3.83. The van der Waals surface area contributed by atoms with Crippen LogP contribution in [0, 0.1) is 0 Å². The van der Waals surface area contributed by atoms with Gasteiger partial charge >= 0.3 is 6.18 Å². The molecule has 0 aromatic heterocycles. The Morgan fingerprint density at radius 2 is 1.88 bits per heavy atom. The number of hydrogen-bond donors (Lipinski definition) is 1. The van der Waals surface area contributed by atoms with Crippen LogP contribution in [0.4, 0.5) is 13.2 Å². The molecule has 1 heterocycles. The van der Waals surface area contributed by atoms with Gasteiger partial charge in [0.1, 0.15) is 0 Å². The molecule has 1 saturated heterocycles. The second kappa shape index (κ2) is 4.74. The third-order valence-corrected chi connectivity index (χ3v) is 4.44. The molecule has 0 spiro atoms. The molecule has 0 radical (unpaired) electrons. The molecule has 0 aromatic carbocycles. The SMILES string of the molecule is CC(C)N(CC(F)(F)F)C1CS(=O)(=O)CC1O. The van der Waals surface area contributed by atoms with E-state index in [1.807, 2.05) is 0 Å². The molecule has 2 unspecified atom stereocenters. The molecule has 1 aliphatic heterocycles. The van der Waals surface area contributed by atoms with Crippen LogP contribution in [0.2, 0.25) is 0 Å². The maximum absolute atomic E-state index is 12.4. The van der Waals surface area contributed by atoms with Crippen molar-refractivity contribution >= 4 is 9.84 Å². The van der Waals surface area contributed by atoms with Crippen molar-refractivity contribution in [2.45, 2.75) is 38.2 Å². The van der Waals surface area contributed by atoms with Crippen molar-refractivity contribution in [2.24, 2.45) is 0 Å². The Morgan fingerprint density at radius 3 is 2.18 bits per heavy atom. The van der Waals surface area contributed by atoms with Crippen LogP contribution < -0.4 is 0 Å². The van der Waals surface area contributed by atoms with E-state index in [0.29, 0.717) is 0 Å². The molecular weight excluding hydrogens is 259 g/mol. The van der Waals surface area contributed by atoms with Gasteiger partial charge in [-0.15, -0.1) is 0 Å². The number of nitrogens with zero attached hydrogens (tertiary/aromatic N) is 1. The second-order valence-corrected chi connectivity index (χ2v) is 6.75. The summed E-state index contributed by atoms with van der Waals surface area (Å²) >= 11 is 0. The van der Waals surface area contributed by atoms with E-state index in [-0.39, 0.29) is 0 Å². The predicted octanol–water partition coefficient (Wildman–Crippen LogP) is 0.417. The van der Waals surface area contributed by atoms with Gasteiger partial charge in [-0.1, -0.05) is 0 Å². The fourth-order valence-electron chi connectivity index (χ4n) is 2.02. The van der Waals surface area contributed by atoms with Gasteiger partial charge < -0.3 is 5.11 Å². The first-order chi connectivity index (χ1) is 7.52. The van der Waals surface area contributed by atoms with Crippen molar-refractivity contribution in [3.8, 4) is 0 Å². The van der Waals surface area contributed by atoms with Crippen LogP contribution >= 0.6 is 0 Å². The molecule has 4 nitrogen and oxygen atoms in total. The first kappa shape index (κ1) is 14.7. The first-order valence-corrected chi connectivity index (χ1v) is 7.05. The number of sulfone groups is 1. The van der Waals surface area contributed by atoms with Crippen LogP contribution in [0.5, 0.6) is 0 Å². The number of rotatable bonds is 3. The van der Waals surface area contributed by atoms with Crippen molar-refractivity contribution in [1.29, 1.82) is 0 Å². The zero-order valence-corrected chi connectivity index (χ0v) is 10.4. The van der Waals surface area contributed by atoms with Gasteiger partial charge in [-0.2, -0.15) is 13.2 Å². The molecule has 102 valence electrons. The van der Waals surface area contributed by atoms with Crippen LogP contribution in [0.1, 0.15) is 13.8 Å².